The molecule has 1 aliphatic rings. The van der Waals surface area contributed by atoms with Crippen LogP contribution in [-0.4, -0.2) is 25.9 Å². The lowest BCUT2D eigenvalue weighted by molar-refractivity contribution is -0.229. The first kappa shape index (κ1) is 12.3. The summed E-state index contributed by atoms with van der Waals surface area (Å²) < 4.78 is 16.8. The first-order valence-electron chi connectivity index (χ1n) is 5.80. The molecule has 0 unspecified atom stereocenters. The Bertz CT molecular complexity index is 353. The Hall–Kier alpha value is -1.16. The lowest BCUT2D eigenvalue weighted by Crippen LogP contribution is -2.33. The average molecular weight is 234 g/mol. The zero-order valence-electron chi connectivity index (χ0n) is 10.1. The second-order valence-electron chi connectivity index (χ2n) is 4.30. The van der Waals surface area contributed by atoms with Crippen molar-refractivity contribution in [3.8, 4) is 0 Å². The topological polar surface area (TPSA) is 27.7 Å². The summed E-state index contributed by atoms with van der Waals surface area (Å²) in [4.78, 5) is 0. The molecule has 0 saturated carbocycles. The van der Waals surface area contributed by atoms with E-state index in [1.54, 1.807) is 0 Å². The van der Waals surface area contributed by atoms with Gasteiger partial charge in [0.05, 0.1) is 19.8 Å². The van der Waals surface area contributed by atoms with E-state index in [1.165, 1.54) is 0 Å². The van der Waals surface area contributed by atoms with E-state index in [0.29, 0.717) is 19.8 Å². The fraction of sp³-hybridized carbons (Fsp3) is 0.429. The molecule has 2 rings (SSSR count). The van der Waals surface area contributed by atoms with Gasteiger partial charge in [-0.25, -0.2) is 0 Å². The number of hydrogen-bond acceptors (Lipinski definition) is 3. The SMILES string of the molecule is C=C(C)COC1COC(c2ccccc2)OC1. The van der Waals surface area contributed by atoms with Gasteiger partial charge >= 0.3 is 0 Å². The van der Waals surface area contributed by atoms with Crippen LogP contribution in [0.3, 0.4) is 0 Å². The van der Waals surface area contributed by atoms with Crippen LogP contribution in [0.4, 0.5) is 0 Å². The smallest absolute Gasteiger partial charge is 0.184 e. The molecule has 1 aromatic rings. The minimum absolute atomic E-state index is 0.00617. The first-order valence-corrected chi connectivity index (χ1v) is 5.80. The van der Waals surface area contributed by atoms with Gasteiger partial charge in [-0.3, -0.25) is 0 Å². The highest BCUT2D eigenvalue weighted by Gasteiger charge is 2.23. The van der Waals surface area contributed by atoms with Crippen LogP contribution in [0.25, 0.3) is 0 Å². The summed E-state index contributed by atoms with van der Waals surface area (Å²) in [7, 11) is 0. The van der Waals surface area contributed by atoms with Crippen molar-refractivity contribution in [3.05, 3.63) is 48.0 Å². The molecule has 0 amide bonds. The van der Waals surface area contributed by atoms with Crippen molar-refractivity contribution in [1.29, 1.82) is 0 Å². The average Bonchev–Trinajstić information content (AvgIpc) is 2.38. The molecule has 1 aromatic carbocycles. The summed E-state index contributed by atoms with van der Waals surface area (Å²) in [6.07, 6.45) is -0.257. The summed E-state index contributed by atoms with van der Waals surface area (Å²) in [6.45, 7) is 7.42. The monoisotopic (exact) mass is 234 g/mol. The fourth-order valence-corrected chi connectivity index (χ4v) is 1.64. The van der Waals surface area contributed by atoms with Gasteiger partial charge in [0.25, 0.3) is 0 Å². The van der Waals surface area contributed by atoms with E-state index in [0.717, 1.165) is 11.1 Å². The van der Waals surface area contributed by atoms with Crippen LogP contribution >= 0.6 is 0 Å². The zero-order chi connectivity index (χ0) is 12.1. The summed E-state index contributed by atoms with van der Waals surface area (Å²) >= 11 is 0. The highest BCUT2D eigenvalue weighted by molar-refractivity contribution is 5.16. The third-order valence-electron chi connectivity index (χ3n) is 2.50. The van der Waals surface area contributed by atoms with Crippen molar-refractivity contribution in [2.75, 3.05) is 19.8 Å². The van der Waals surface area contributed by atoms with Gasteiger partial charge in [0.2, 0.25) is 0 Å². The molecule has 0 spiro atoms. The summed E-state index contributed by atoms with van der Waals surface area (Å²) in [5, 5.41) is 0. The molecule has 0 atom stereocenters. The Morgan fingerprint density at radius 1 is 1.29 bits per heavy atom. The van der Waals surface area contributed by atoms with Crippen LogP contribution in [0.15, 0.2) is 42.5 Å². The standard InChI is InChI=1S/C14H18O3/c1-11(2)8-15-13-9-16-14(17-10-13)12-6-4-3-5-7-12/h3-7,13-14H,1,8-10H2,2H3. The number of hydrogen-bond donors (Lipinski definition) is 0. The molecule has 0 N–H and O–H groups in total. The highest BCUT2D eigenvalue weighted by atomic mass is 16.7. The second-order valence-corrected chi connectivity index (χ2v) is 4.30. The zero-order valence-corrected chi connectivity index (χ0v) is 10.1. The van der Waals surface area contributed by atoms with Crippen LogP contribution in [0.1, 0.15) is 18.8 Å². The molecule has 1 saturated heterocycles. The van der Waals surface area contributed by atoms with Crippen LogP contribution < -0.4 is 0 Å². The minimum atomic E-state index is -0.263. The summed E-state index contributed by atoms with van der Waals surface area (Å²) in [6, 6.07) is 9.93. The molecule has 3 heteroatoms. The van der Waals surface area contributed by atoms with Crippen LogP contribution in [0.5, 0.6) is 0 Å². The molecule has 17 heavy (non-hydrogen) atoms. The Morgan fingerprint density at radius 2 is 1.94 bits per heavy atom. The second kappa shape index (κ2) is 5.96. The van der Waals surface area contributed by atoms with Gasteiger partial charge in [-0.15, -0.1) is 0 Å². The first-order chi connectivity index (χ1) is 8.25. The van der Waals surface area contributed by atoms with E-state index >= 15 is 0 Å². The van der Waals surface area contributed by atoms with E-state index in [2.05, 4.69) is 6.58 Å². The third-order valence-corrected chi connectivity index (χ3v) is 2.50. The maximum atomic E-state index is 5.63. The molecule has 0 radical (unpaired) electrons. The van der Waals surface area contributed by atoms with Crippen molar-refractivity contribution < 1.29 is 14.2 Å². The predicted molar refractivity (Wildman–Crippen MR) is 65.6 cm³/mol. The summed E-state index contributed by atoms with van der Waals surface area (Å²) in [5.74, 6) is 0. The largest absolute Gasteiger partial charge is 0.369 e. The number of rotatable bonds is 4. The van der Waals surface area contributed by atoms with Crippen molar-refractivity contribution in [2.24, 2.45) is 0 Å². The van der Waals surface area contributed by atoms with Crippen LogP contribution in [-0.2, 0) is 14.2 Å². The Balaban J connectivity index is 1.80. The fourth-order valence-electron chi connectivity index (χ4n) is 1.64. The molecule has 0 aliphatic carbocycles. The van der Waals surface area contributed by atoms with Gasteiger partial charge in [-0.2, -0.15) is 0 Å². The molecule has 1 fully saturated rings. The Morgan fingerprint density at radius 3 is 2.53 bits per heavy atom. The molecule has 92 valence electrons. The quantitative estimate of drug-likeness (QED) is 0.750. The van der Waals surface area contributed by atoms with Crippen molar-refractivity contribution >= 4 is 0 Å². The lowest BCUT2D eigenvalue weighted by Gasteiger charge is -2.29. The van der Waals surface area contributed by atoms with E-state index in [1.807, 2.05) is 37.3 Å². The normalized spacial score (nSPS) is 24.5. The minimum Gasteiger partial charge on any atom is -0.369 e. The van der Waals surface area contributed by atoms with Gasteiger partial charge in [-0.05, 0) is 6.92 Å². The van der Waals surface area contributed by atoms with Crippen molar-refractivity contribution in [2.45, 2.75) is 19.3 Å². The van der Waals surface area contributed by atoms with Gasteiger partial charge < -0.3 is 14.2 Å². The molecular formula is C14H18O3. The number of benzene rings is 1. The molecule has 1 aliphatic heterocycles. The predicted octanol–water partition coefficient (Wildman–Crippen LogP) is 2.69. The van der Waals surface area contributed by atoms with Crippen LogP contribution in [0, 0.1) is 0 Å². The van der Waals surface area contributed by atoms with Gasteiger partial charge in [0.1, 0.15) is 6.10 Å². The van der Waals surface area contributed by atoms with E-state index in [9.17, 15) is 0 Å². The van der Waals surface area contributed by atoms with E-state index < -0.39 is 0 Å². The lowest BCUT2D eigenvalue weighted by atomic mass is 10.2. The van der Waals surface area contributed by atoms with Gasteiger partial charge in [0, 0.05) is 5.56 Å². The van der Waals surface area contributed by atoms with Crippen molar-refractivity contribution in [1.82, 2.24) is 0 Å². The maximum Gasteiger partial charge on any atom is 0.184 e. The number of ether oxygens (including phenoxy) is 3. The van der Waals surface area contributed by atoms with Gasteiger partial charge in [0.15, 0.2) is 6.29 Å². The van der Waals surface area contributed by atoms with Gasteiger partial charge in [-0.1, -0.05) is 42.5 Å². The van der Waals surface area contributed by atoms with Crippen LogP contribution in [0.2, 0.25) is 0 Å². The Labute approximate surface area is 102 Å². The molecule has 3 nitrogen and oxygen atoms in total. The Kier molecular flexibility index (Phi) is 4.31. The van der Waals surface area contributed by atoms with Crippen molar-refractivity contribution in [3.63, 3.8) is 0 Å². The maximum absolute atomic E-state index is 5.63. The van der Waals surface area contributed by atoms with E-state index in [4.69, 9.17) is 14.2 Å². The molecule has 1 heterocycles. The molecule has 0 aromatic heterocycles. The molecule has 0 bridgehead atoms. The summed E-state index contributed by atoms with van der Waals surface area (Å²) in [5.41, 5.74) is 2.06. The van der Waals surface area contributed by atoms with E-state index in [-0.39, 0.29) is 12.4 Å². The molecular weight excluding hydrogens is 216 g/mol. The highest BCUT2D eigenvalue weighted by Crippen LogP contribution is 2.23. The third kappa shape index (κ3) is 3.66.